The van der Waals surface area contributed by atoms with Crippen LogP contribution in [0.3, 0.4) is 0 Å². The first-order chi connectivity index (χ1) is 12.6. The molecule has 1 atom stereocenters. The van der Waals surface area contributed by atoms with E-state index in [1.165, 1.54) is 4.88 Å². The van der Waals surface area contributed by atoms with Crippen LogP contribution in [0.5, 0.6) is 0 Å². The van der Waals surface area contributed by atoms with Crippen LogP contribution in [0, 0.1) is 0 Å². The zero-order chi connectivity index (χ0) is 18.1. The van der Waals surface area contributed by atoms with Gasteiger partial charge in [-0.25, -0.2) is 4.79 Å². The van der Waals surface area contributed by atoms with Crippen LogP contribution in [0.4, 0.5) is 4.79 Å². The number of carbonyl (C=O) groups excluding carboxylic acids is 3. The second kappa shape index (κ2) is 6.92. The summed E-state index contributed by atoms with van der Waals surface area (Å²) in [4.78, 5) is 41.4. The van der Waals surface area contributed by atoms with Crippen LogP contribution >= 0.6 is 11.3 Å². The number of imide groups is 1. The van der Waals surface area contributed by atoms with Gasteiger partial charge >= 0.3 is 6.03 Å². The fraction of sp³-hybridized carbons (Fsp3) is 0.316. The average molecular weight is 369 g/mol. The lowest BCUT2D eigenvalue weighted by atomic mass is 10.1. The van der Waals surface area contributed by atoms with E-state index in [1.807, 2.05) is 41.8 Å². The number of amides is 4. The van der Waals surface area contributed by atoms with E-state index in [4.69, 9.17) is 0 Å². The van der Waals surface area contributed by atoms with Crippen LogP contribution in [0.25, 0.3) is 0 Å². The lowest BCUT2D eigenvalue weighted by Gasteiger charge is -2.28. The van der Waals surface area contributed by atoms with Crippen molar-refractivity contribution in [3.05, 3.63) is 57.8 Å². The topological polar surface area (TPSA) is 69.7 Å². The van der Waals surface area contributed by atoms with Crippen LogP contribution < -0.4 is 5.32 Å². The van der Waals surface area contributed by atoms with E-state index < -0.39 is 12.1 Å². The maximum Gasteiger partial charge on any atom is 0.325 e. The third-order valence-electron chi connectivity index (χ3n) is 4.84. The Bertz CT molecular complexity index is 849. The monoisotopic (exact) mass is 369 g/mol. The van der Waals surface area contributed by atoms with E-state index in [1.54, 1.807) is 16.2 Å². The normalized spacial score (nSPS) is 19.5. The van der Waals surface area contributed by atoms with Gasteiger partial charge in [0, 0.05) is 24.4 Å². The molecule has 2 aromatic rings. The van der Waals surface area contributed by atoms with Crippen molar-refractivity contribution in [1.29, 1.82) is 0 Å². The van der Waals surface area contributed by atoms with E-state index in [2.05, 4.69) is 5.32 Å². The van der Waals surface area contributed by atoms with Gasteiger partial charge in [-0.15, -0.1) is 11.3 Å². The standard InChI is InChI=1S/C19H19N3O3S/c23-17(21-8-6-16-14(11-21)7-9-26-16)12-22-18(24)15(20-19(22)25)10-13-4-2-1-3-5-13/h1-5,7,9,15H,6,8,10-12H2,(H,20,25)/t15-/m0/s1. The molecule has 4 rings (SSSR count). The first-order valence-electron chi connectivity index (χ1n) is 8.60. The fourth-order valence-electron chi connectivity index (χ4n) is 3.41. The summed E-state index contributed by atoms with van der Waals surface area (Å²) in [7, 11) is 0. The Hall–Kier alpha value is -2.67. The molecule has 1 saturated heterocycles. The number of hydrogen-bond donors (Lipinski definition) is 1. The molecule has 0 spiro atoms. The van der Waals surface area contributed by atoms with Crippen LogP contribution in [-0.2, 0) is 29.0 Å². The molecule has 1 N–H and O–H groups in total. The van der Waals surface area contributed by atoms with E-state index in [0.29, 0.717) is 19.5 Å². The first-order valence-corrected chi connectivity index (χ1v) is 9.48. The van der Waals surface area contributed by atoms with Crippen molar-refractivity contribution in [1.82, 2.24) is 15.1 Å². The Balaban J connectivity index is 1.39. The van der Waals surface area contributed by atoms with Gasteiger partial charge in [-0.05, 0) is 29.0 Å². The highest BCUT2D eigenvalue weighted by atomic mass is 32.1. The zero-order valence-electron chi connectivity index (χ0n) is 14.2. The predicted molar refractivity (Wildman–Crippen MR) is 97.6 cm³/mol. The van der Waals surface area contributed by atoms with E-state index in [9.17, 15) is 14.4 Å². The molecular weight excluding hydrogens is 350 g/mol. The van der Waals surface area contributed by atoms with E-state index in [-0.39, 0.29) is 18.4 Å². The minimum Gasteiger partial charge on any atom is -0.336 e. The number of fused-ring (bicyclic) bond motifs is 1. The molecule has 26 heavy (non-hydrogen) atoms. The highest BCUT2D eigenvalue weighted by molar-refractivity contribution is 7.10. The first kappa shape index (κ1) is 16.8. The Labute approximate surface area is 155 Å². The van der Waals surface area contributed by atoms with Crippen molar-refractivity contribution in [2.75, 3.05) is 13.1 Å². The summed E-state index contributed by atoms with van der Waals surface area (Å²) in [5.41, 5.74) is 2.13. The van der Waals surface area contributed by atoms with Gasteiger partial charge in [0.1, 0.15) is 12.6 Å². The zero-order valence-corrected chi connectivity index (χ0v) is 15.0. The Morgan fingerprint density at radius 2 is 2.00 bits per heavy atom. The summed E-state index contributed by atoms with van der Waals surface area (Å²) in [5, 5.41) is 4.72. The quantitative estimate of drug-likeness (QED) is 0.836. The summed E-state index contributed by atoms with van der Waals surface area (Å²) in [6.45, 7) is 0.980. The molecule has 1 aromatic heterocycles. The van der Waals surface area contributed by atoms with Gasteiger partial charge in [-0.2, -0.15) is 0 Å². The second-order valence-electron chi connectivity index (χ2n) is 6.55. The molecular formula is C19H19N3O3S. The van der Waals surface area contributed by atoms with Crippen LogP contribution in [0.1, 0.15) is 16.0 Å². The largest absolute Gasteiger partial charge is 0.336 e. The Morgan fingerprint density at radius 3 is 2.81 bits per heavy atom. The SMILES string of the molecule is O=C(CN1C(=O)N[C@@H](Cc2ccccc2)C1=O)N1CCc2sccc2C1. The molecule has 0 bridgehead atoms. The van der Waals surface area contributed by atoms with Gasteiger partial charge in [0.25, 0.3) is 5.91 Å². The number of nitrogens with zero attached hydrogens (tertiary/aromatic N) is 2. The van der Waals surface area contributed by atoms with Crippen LogP contribution in [-0.4, -0.2) is 46.8 Å². The summed E-state index contributed by atoms with van der Waals surface area (Å²) < 4.78 is 0. The van der Waals surface area contributed by atoms with E-state index >= 15 is 0 Å². The molecule has 2 aliphatic heterocycles. The van der Waals surface area contributed by atoms with Gasteiger partial charge in [0.15, 0.2) is 0 Å². The minimum atomic E-state index is -0.609. The smallest absolute Gasteiger partial charge is 0.325 e. The van der Waals surface area contributed by atoms with Crippen LogP contribution in [0.15, 0.2) is 41.8 Å². The van der Waals surface area contributed by atoms with Gasteiger partial charge in [-0.3, -0.25) is 14.5 Å². The lowest BCUT2D eigenvalue weighted by molar-refractivity contribution is -0.137. The molecule has 2 aliphatic rings. The number of rotatable bonds is 4. The number of hydrogen-bond acceptors (Lipinski definition) is 4. The number of carbonyl (C=O) groups is 3. The molecule has 4 amide bonds. The molecule has 7 heteroatoms. The second-order valence-corrected chi connectivity index (χ2v) is 7.55. The summed E-state index contributed by atoms with van der Waals surface area (Å²) >= 11 is 1.71. The van der Waals surface area contributed by atoms with Crippen molar-refractivity contribution in [3.8, 4) is 0 Å². The highest BCUT2D eigenvalue weighted by Gasteiger charge is 2.39. The fourth-order valence-corrected chi connectivity index (χ4v) is 4.30. The van der Waals surface area contributed by atoms with Crippen molar-refractivity contribution >= 4 is 29.2 Å². The van der Waals surface area contributed by atoms with Crippen molar-refractivity contribution in [2.24, 2.45) is 0 Å². The average Bonchev–Trinajstić information content (AvgIpc) is 3.22. The van der Waals surface area contributed by atoms with Gasteiger partial charge in [0.05, 0.1) is 0 Å². The van der Waals surface area contributed by atoms with E-state index in [0.717, 1.165) is 22.4 Å². The molecule has 0 aliphatic carbocycles. The maximum absolute atomic E-state index is 12.6. The molecule has 0 radical (unpaired) electrons. The van der Waals surface area contributed by atoms with Gasteiger partial charge < -0.3 is 10.2 Å². The molecule has 134 valence electrons. The number of urea groups is 1. The molecule has 0 unspecified atom stereocenters. The van der Waals surface area contributed by atoms with Gasteiger partial charge in [0.2, 0.25) is 5.91 Å². The third kappa shape index (κ3) is 3.22. The van der Waals surface area contributed by atoms with Crippen molar-refractivity contribution < 1.29 is 14.4 Å². The summed E-state index contributed by atoms with van der Waals surface area (Å²) in [6.07, 6.45) is 1.26. The Kier molecular flexibility index (Phi) is 4.46. The lowest BCUT2D eigenvalue weighted by Crippen LogP contribution is -2.44. The number of nitrogens with one attached hydrogen (secondary N) is 1. The minimum absolute atomic E-state index is 0.189. The molecule has 1 aromatic carbocycles. The third-order valence-corrected chi connectivity index (χ3v) is 5.87. The summed E-state index contributed by atoms with van der Waals surface area (Å²) in [6, 6.07) is 10.5. The van der Waals surface area contributed by atoms with Crippen molar-refractivity contribution in [2.45, 2.75) is 25.4 Å². The highest BCUT2D eigenvalue weighted by Crippen LogP contribution is 2.24. The van der Waals surface area contributed by atoms with Crippen LogP contribution in [0.2, 0.25) is 0 Å². The Morgan fingerprint density at radius 1 is 1.19 bits per heavy atom. The number of benzene rings is 1. The predicted octanol–water partition coefficient (Wildman–Crippen LogP) is 1.80. The molecule has 0 saturated carbocycles. The maximum atomic E-state index is 12.6. The number of thiophene rings is 1. The molecule has 6 nitrogen and oxygen atoms in total. The molecule has 3 heterocycles. The van der Waals surface area contributed by atoms with Gasteiger partial charge in [-0.1, -0.05) is 30.3 Å². The summed E-state index contributed by atoms with van der Waals surface area (Å²) in [5.74, 6) is -0.522. The molecule has 1 fully saturated rings. The van der Waals surface area contributed by atoms with Crippen molar-refractivity contribution in [3.63, 3.8) is 0 Å².